The Morgan fingerprint density at radius 3 is 1.86 bits per heavy atom. The summed E-state index contributed by atoms with van der Waals surface area (Å²) in [6, 6.07) is 0. The first-order chi connectivity index (χ1) is 6.55. The molecule has 0 bridgehead atoms. The molecule has 5 nitrogen and oxygen atoms in total. The molecule has 6 heteroatoms. The van der Waals surface area contributed by atoms with Gasteiger partial charge in [-0.05, 0) is 13.8 Å². The third kappa shape index (κ3) is 3.22. The molecule has 0 aromatic heterocycles. The van der Waals surface area contributed by atoms with Crippen LogP contribution in [0.15, 0.2) is 11.6 Å². The average molecular weight is 220 g/mol. The van der Waals surface area contributed by atoms with Gasteiger partial charge in [-0.3, -0.25) is 0 Å². The minimum atomic E-state index is -3.25. The van der Waals surface area contributed by atoms with Gasteiger partial charge in [0.05, 0.1) is 0 Å². The van der Waals surface area contributed by atoms with Crippen molar-refractivity contribution in [3.05, 3.63) is 11.6 Å². The van der Waals surface area contributed by atoms with E-state index >= 15 is 0 Å². The van der Waals surface area contributed by atoms with E-state index in [0.717, 1.165) is 0 Å². The number of hydrogen-bond acceptors (Lipinski definition) is 5. The standard InChI is InChI=1S/C8H16O5Si/c1-6-7(2)8(9)13-14(10-3,11-4)12-5/h6H,1-5H3/b7-6+. The van der Waals surface area contributed by atoms with Gasteiger partial charge >= 0.3 is 15.0 Å². The first-order valence-corrected chi connectivity index (χ1v) is 5.70. The molecule has 0 aliphatic carbocycles. The Hall–Kier alpha value is -0.693. The zero-order valence-corrected chi connectivity index (χ0v) is 10.1. The number of carbonyl (C=O) groups is 1. The topological polar surface area (TPSA) is 54.0 Å². The summed E-state index contributed by atoms with van der Waals surface area (Å²) in [7, 11) is 0.868. The van der Waals surface area contributed by atoms with E-state index < -0.39 is 15.0 Å². The van der Waals surface area contributed by atoms with Crippen LogP contribution in [0.3, 0.4) is 0 Å². The molecule has 0 heterocycles. The second-order valence-corrected chi connectivity index (χ2v) is 4.90. The maximum absolute atomic E-state index is 11.4. The lowest BCUT2D eigenvalue weighted by atomic mass is 10.3. The molecule has 0 amide bonds. The molecule has 0 saturated carbocycles. The fraction of sp³-hybridized carbons (Fsp3) is 0.625. The number of carbonyl (C=O) groups excluding carboxylic acids is 1. The maximum Gasteiger partial charge on any atom is 0.751 e. The van der Waals surface area contributed by atoms with Crippen LogP contribution in [0, 0.1) is 0 Å². The van der Waals surface area contributed by atoms with Crippen LogP contribution in [0.1, 0.15) is 13.8 Å². The summed E-state index contributed by atoms with van der Waals surface area (Å²) in [6.45, 7) is 3.38. The van der Waals surface area contributed by atoms with E-state index in [2.05, 4.69) is 0 Å². The van der Waals surface area contributed by atoms with Crippen molar-refractivity contribution < 1.29 is 22.5 Å². The van der Waals surface area contributed by atoms with Gasteiger partial charge in [-0.1, -0.05) is 6.08 Å². The van der Waals surface area contributed by atoms with Crippen molar-refractivity contribution in [1.29, 1.82) is 0 Å². The quantitative estimate of drug-likeness (QED) is 0.508. The Balaban J connectivity index is 4.53. The molecule has 0 aromatic rings. The number of allylic oxidation sites excluding steroid dienone is 1. The molecule has 0 rings (SSSR count). The van der Waals surface area contributed by atoms with Crippen molar-refractivity contribution >= 4 is 15.0 Å². The Morgan fingerprint density at radius 1 is 1.14 bits per heavy atom. The van der Waals surface area contributed by atoms with Crippen LogP contribution in [0.2, 0.25) is 0 Å². The molecule has 0 aliphatic heterocycles. The highest BCUT2D eigenvalue weighted by Crippen LogP contribution is 2.10. The van der Waals surface area contributed by atoms with Crippen molar-refractivity contribution in [3.8, 4) is 0 Å². The molecule has 0 radical (unpaired) electrons. The molecule has 0 aromatic carbocycles. The van der Waals surface area contributed by atoms with Crippen LogP contribution in [-0.4, -0.2) is 36.3 Å². The maximum atomic E-state index is 11.4. The van der Waals surface area contributed by atoms with Gasteiger partial charge in [0.25, 0.3) is 0 Å². The first kappa shape index (κ1) is 13.3. The summed E-state index contributed by atoms with van der Waals surface area (Å²) in [5.41, 5.74) is 0.480. The predicted octanol–water partition coefficient (Wildman–Crippen LogP) is 0.871. The van der Waals surface area contributed by atoms with Gasteiger partial charge in [0.2, 0.25) is 0 Å². The molecule has 0 N–H and O–H groups in total. The third-order valence-electron chi connectivity index (χ3n) is 1.72. The minimum Gasteiger partial charge on any atom is -0.448 e. The van der Waals surface area contributed by atoms with Gasteiger partial charge in [-0.25, -0.2) is 4.79 Å². The van der Waals surface area contributed by atoms with Gasteiger partial charge in [0, 0.05) is 26.9 Å². The summed E-state index contributed by atoms with van der Waals surface area (Å²) < 4.78 is 19.8. The highest BCUT2D eigenvalue weighted by molar-refractivity contribution is 6.55. The van der Waals surface area contributed by atoms with E-state index in [9.17, 15) is 4.79 Å². The SMILES string of the molecule is C/C=C(\C)C(=O)O[Si](OC)(OC)OC. The van der Waals surface area contributed by atoms with Crippen LogP contribution in [0.4, 0.5) is 0 Å². The van der Waals surface area contributed by atoms with Crippen molar-refractivity contribution in [2.24, 2.45) is 0 Å². The van der Waals surface area contributed by atoms with E-state index in [1.807, 2.05) is 0 Å². The van der Waals surface area contributed by atoms with Crippen LogP contribution in [0.25, 0.3) is 0 Å². The van der Waals surface area contributed by atoms with Crippen LogP contribution in [-0.2, 0) is 22.5 Å². The second kappa shape index (κ2) is 5.92. The van der Waals surface area contributed by atoms with Gasteiger partial charge in [-0.2, -0.15) is 0 Å². The Labute approximate surface area is 85.1 Å². The Morgan fingerprint density at radius 2 is 1.57 bits per heavy atom. The summed E-state index contributed by atoms with van der Waals surface area (Å²) >= 11 is 0. The fourth-order valence-electron chi connectivity index (χ4n) is 0.687. The summed E-state index contributed by atoms with van der Waals surface area (Å²) in [6.07, 6.45) is 1.64. The Bertz CT molecular complexity index is 214. The lowest BCUT2D eigenvalue weighted by Gasteiger charge is -2.22. The first-order valence-electron chi connectivity index (χ1n) is 4.07. The van der Waals surface area contributed by atoms with E-state index in [0.29, 0.717) is 5.57 Å². The number of rotatable bonds is 5. The van der Waals surface area contributed by atoms with E-state index in [1.165, 1.54) is 21.3 Å². The minimum absolute atomic E-state index is 0.480. The van der Waals surface area contributed by atoms with Crippen molar-refractivity contribution in [2.45, 2.75) is 13.8 Å². The van der Waals surface area contributed by atoms with Crippen molar-refractivity contribution in [3.63, 3.8) is 0 Å². The zero-order chi connectivity index (χ0) is 11.2. The number of hydrogen-bond donors (Lipinski definition) is 0. The molecule has 0 unspecified atom stereocenters. The molecule has 0 aliphatic rings. The van der Waals surface area contributed by atoms with E-state index in [4.69, 9.17) is 17.7 Å². The van der Waals surface area contributed by atoms with Gasteiger partial charge in [0.15, 0.2) is 0 Å². The van der Waals surface area contributed by atoms with Gasteiger partial charge in [0.1, 0.15) is 0 Å². The molecule has 0 atom stereocenters. The lowest BCUT2D eigenvalue weighted by molar-refractivity contribution is -0.138. The average Bonchev–Trinajstić information content (AvgIpc) is 2.24. The molecule has 0 spiro atoms. The summed E-state index contributed by atoms with van der Waals surface area (Å²) in [5, 5.41) is 0. The molecule has 82 valence electrons. The second-order valence-electron chi connectivity index (χ2n) is 2.47. The lowest BCUT2D eigenvalue weighted by Crippen LogP contribution is -2.48. The largest absolute Gasteiger partial charge is 0.751 e. The smallest absolute Gasteiger partial charge is 0.448 e. The van der Waals surface area contributed by atoms with Crippen LogP contribution >= 0.6 is 0 Å². The monoisotopic (exact) mass is 220 g/mol. The predicted molar refractivity (Wildman–Crippen MR) is 52.3 cm³/mol. The summed E-state index contributed by atoms with van der Waals surface area (Å²) in [4.78, 5) is 11.4. The van der Waals surface area contributed by atoms with Gasteiger partial charge in [-0.15, -0.1) is 0 Å². The molecule has 14 heavy (non-hydrogen) atoms. The van der Waals surface area contributed by atoms with Crippen molar-refractivity contribution in [2.75, 3.05) is 21.3 Å². The van der Waals surface area contributed by atoms with Crippen LogP contribution in [0.5, 0.6) is 0 Å². The molecule has 0 fully saturated rings. The highest BCUT2D eigenvalue weighted by atomic mass is 28.4. The molecular formula is C8H16O5Si. The van der Waals surface area contributed by atoms with E-state index in [1.54, 1.807) is 19.9 Å². The molecule has 0 saturated heterocycles. The molecular weight excluding hydrogens is 204 g/mol. The fourth-order valence-corrected chi connectivity index (χ4v) is 1.82. The zero-order valence-electron chi connectivity index (χ0n) is 9.12. The van der Waals surface area contributed by atoms with Crippen LogP contribution < -0.4 is 0 Å². The summed E-state index contributed by atoms with van der Waals surface area (Å²) in [5.74, 6) is -0.496. The van der Waals surface area contributed by atoms with E-state index in [-0.39, 0.29) is 0 Å². The third-order valence-corrected chi connectivity index (χ3v) is 3.66. The van der Waals surface area contributed by atoms with Crippen molar-refractivity contribution in [1.82, 2.24) is 0 Å². The highest BCUT2D eigenvalue weighted by Gasteiger charge is 2.47. The normalized spacial score (nSPS) is 12.8. The van der Waals surface area contributed by atoms with Gasteiger partial charge < -0.3 is 17.7 Å². The Kier molecular flexibility index (Phi) is 5.62.